The van der Waals surface area contributed by atoms with Gasteiger partial charge in [-0.05, 0) is 29.8 Å². The minimum atomic E-state index is -3.66. The van der Waals surface area contributed by atoms with Gasteiger partial charge in [-0.15, -0.1) is 0 Å². The van der Waals surface area contributed by atoms with Crippen LogP contribution in [-0.2, 0) is 14.8 Å². The Hall–Kier alpha value is -2.54. The summed E-state index contributed by atoms with van der Waals surface area (Å²) in [5, 5.41) is 2.80. The van der Waals surface area contributed by atoms with Crippen LogP contribution in [0.1, 0.15) is 17.9 Å². The van der Waals surface area contributed by atoms with E-state index in [1.165, 1.54) is 4.31 Å². The minimum absolute atomic E-state index is 0.0339. The Morgan fingerprint density at radius 2 is 1.84 bits per heavy atom. The van der Waals surface area contributed by atoms with Crippen LogP contribution in [0, 0.1) is 0 Å². The molecular weight excluding hydrogens is 340 g/mol. The van der Waals surface area contributed by atoms with Gasteiger partial charge in [0.1, 0.15) is 12.4 Å². The van der Waals surface area contributed by atoms with Crippen LogP contribution in [-0.4, -0.2) is 34.0 Å². The van der Waals surface area contributed by atoms with Crippen molar-refractivity contribution in [2.45, 2.75) is 17.2 Å². The van der Waals surface area contributed by atoms with Gasteiger partial charge in [0.25, 0.3) is 10.0 Å². The normalized spacial score (nSPS) is 19.9. The average molecular weight is 358 g/mol. The molecule has 0 aromatic heterocycles. The van der Waals surface area contributed by atoms with Crippen molar-refractivity contribution >= 4 is 21.6 Å². The zero-order valence-corrected chi connectivity index (χ0v) is 14.3. The lowest BCUT2D eigenvalue weighted by Gasteiger charge is -2.30. The zero-order chi connectivity index (χ0) is 17.4. The summed E-state index contributed by atoms with van der Waals surface area (Å²) in [6, 6.07) is 14.0. The third-order valence-electron chi connectivity index (χ3n) is 4.60. The van der Waals surface area contributed by atoms with Crippen LogP contribution in [0.25, 0.3) is 0 Å². The molecule has 2 aromatic carbocycles. The fourth-order valence-electron chi connectivity index (χ4n) is 3.27. The highest BCUT2D eigenvalue weighted by Crippen LogP contribution is 2.35. The summed E-state index contributed by atoms with van der Waals surface area (Å²) in [7, 11) is -3.66. The second-order valence-corrected chi connectivity index (χ2v) is 8.03. The smallest absolute Gasteiger partial charge is 0.264 e. The lowest BCUT2D eigenvalue weighted by Crippen LogP contribution is -2.37. The summed E-state index contributed by atoms with van der Waals surface area (Å²) < 4.78 is 33.0. The number of benzene rings is 2. The molecule has 1 amide bonds. The predicted molar refractivity (Wildman–Crippen MR) is 93.3 cm³/mol. The number of carbonyl (C=O) groups excluding carboxylic acids is 1. The third-order valence-corrected chi connectivity index (χ3v) is 6.43. The van der Waals surface area contributed by atoms with E-state index in [-0.39, 0.29) is 23.3 Å². The number of carbonyl (C=O) groups is 1. The lowest BCUT2D eigenvalue weighted by molar-refractivity contribution is -0.119. The molecule has 0 bridgehead atoms. The summed E-state index contributed by atoms with van der Waals surface area (Å²) in [5.41, 5.74) is 1.53. The Labute approximate surface area is 146 Å². The van der Waals surface area contributed by atoms with Crippen molar-refractivity contribution in [2.75, 3.05) is 24.0 Å². The number of hydrogen-bond donors (Lipinski definition) is 1. The predicted octanol–water partition coefficient (Wildman–Crippen LogP) is 1.88. The van der Waals surface area contributed by atoms with Gasteiger partial charge in [-0.2, -0.15) is 0 Å². The number of anilines is 1. The Balaban J connectivity index is 1.64. The van der Waals surface area contributed by atoms with Gasteiger partial charge >= 0.3 is 0 Å². The van der Waals surface area contributed by atoms with Gasteiger partial charge < -0.3 is 10.1 Å². The molecule has 7 heteroatoms. The SMILES string of the molecule is O=C1CC(c2ccc(S(=O)(=O)N3CCOc4ccccc43)cc2)CN1. The minimum Gasteiger partial charge on any atom is -0.489 e. The summed E-state index contributed by atoms with van der Waals surface area (Å²) >= 11 is 0. The number of rotatable bonds is 3. The van der Waals surface area contributed by atoms with Crippen molar-refractivity contribution in [3.8, 4) is 5.75 Å². The van der Waals surface area contributed by atoms with E-state index < -0.39 is 10.0 Å². The molecule has 4 rings (SSSR count). The highest BCUT2D eigenvalue weighted by Gasteiger charge is 2.30. The number of amides is 1. The summed E-state index contributed by atoms with van der Waals surface area (Å²) in [6.45, 7) is 1.20. The monoisotopic (exact) mass is 358 g/mol. The molecule has 1 saturated heterocycles. The van der Waals surface area contributed by atoms with Crippen molar-refractivity contribution < 1.29 is 17.9 Å². The zero-order valence-electron chi connectivity index (χ0n) is 13.5. The van der Waals surface area contributed by atoms with E-state index in [4.69, 9.17) is 4.74 Å². The van der Waals surface area contributed by atoms with Crippen LogP contribution in [0.15, 0.2) is 53.4 Å². The van der Waals surface area contributed by atoms with E-state index in [1.807, 2.05) is 6.07 Å². The van der Waals surface area contributed by atoms with E-state index in [0.717, 1.165) is 5.56 Å². The highest BCUT2D eigenvalue weighted by molar-refractivity contribution is 7.92. The van der Waals surface area contributed by atoms with Gasteiger partial charge in [-0.25, -0.2) is 8.42 Å². The third kappa shape index (κ3) is 2.84. The van der Waals surface area contributed by atoms with E-state index in [1.54, 1.807) is 42.5 Å². The summed E-state index contributed by atoms with van der Waals surface area (Å²) in [4.78, 5) is 11.6. The number of hydrogen-bond acceptors (Lipinski definition) is 4. The standard InChI is InChI=1S/C18H18N2O4S/c21-18-11-14(12-19-18)13-5-7-15(8-6-13)25(22,23)20-9-10-24-17-4-2-1-3-16(17)20/h1-8,14H,9-12H2,(H,19,21). The fraction of sp³-hybridized carbons (Fsp3) is 0.278. The van der Waals surface area contributed by atoms with Gasteiger partial charge in [0.15, 0.2) is 0 Å². The van der Waals surface area contributed by atoms with Crippen molar-refractivity contribution in [2.24, 2.45) is 0 Å². The highest BCUT2D eigenvalue weighted by atomic mass is 32.2. The van der Waals surface area contributed by atoms with Crippen LogP contribution < -0.4 is 14.4 Å². The number of ether oxygens (including phenoxy) is 1. The molecule has 0 radical (unpaired) electrons. The van der Waals surface area contributed by atoms with Crippen LogP contribution >= 0.6 is 0 Å². The Kier molecular flexibility index (Phi) is 3.88. The number of para-hydroxylation sites is 2. The van der Waals surface area contributed by atoms with E-state index in [9.17, 15) is 13.2 Å². The topological polar surface area (TPSA) is 75.7 Å². The number of nitrogens with zero attached hydrogens (tertiary/aromatic N) is 1. The second-order valence-electron chi connectivity index (χ2n) is 6.17. The van der Waals surface area contributed by atoms with E-state index in [0.29, 0.717) is 31.0 Å². The van der Waals surface area contributed by atoms with Crippen molar-refractivity contribution in [1.29, 1.82) is 0 Å². The number of fused-ring (bicyclic) bond motifs is 1. The van der Waals surface area contributed by atoms with Crippen molar-refractivity contribution in [3.63, 3.8) is 0 Å². The Morgan fingerprint density at radius 3 is 2.56 bits per heavy atom. The van der Waals surface area contributed by atoms with Gasteiger partial charge in [-0.1, -0.05) is 24.3 Å². The van der Waals surface area contributed by atoms with Crippen molar-refractivity contribution in [1.82, 2.24) is 5.32 Å². The lowest BCUT2D eigenvalue weighted by atomic mass is 9.99. The quantitative estimate of drug-likeness (QED) is 0.909. The van der Waals surface area contributed by atoms with Gasteiger partial charge in [0.2, 0.25) is 5.91 Å². The fourth-order valence-corrected chi connectivity index (χ4v) is 4.73. The molecule has 2 heterocycles. The molecule has 1 atom stereocenters. The molecule has 0 saturated carbocycles. The van der Waals surface area contributed by atoms with Crippen molar-refractivity contribution in [3.05, 3.63) is 54.1 Å². The molecular formula is C18H18N2O4S. The van der Waals surface area contributed by atoms with Crippen LogP contribution in [0.5, 0.6) is 5.75 Å². The molecule has 2 aliphatic rings. The average Bonchev–Trinajstić information content (AvgIpc) is 3.08. The maximum atomic E-state index is 13.0. The molecule has 6 nitrogen and oxygen atoms in total. The number of nitrogens with one attached hydrogen (secondary N) is 1. The molecule has 2 aromatic rings. The molecule has 130 valence electrons. The molecule has 1 fully saturated rings. The first-order chi connectivity index (χ1) is 12.1. The first-order valence-electron chi connectivity index (χ1n) is 8.17. The molecule has 1 N–H and O–H groups in total. The maximum absolute atomic E-state index is 13.0. The summed E-state index contributed by atoms with van der Waals surface area (Å²) in [5.74, 6) is 0.712. The van der Waals surface area contributed by atoms with Crippen LogP contribution in [0.4, 0.5) is 5.69 Å². The van der Waals surface area contributed by atoms with Gasteiger partial charge in [-0.3, -0.25) is 9.10 Å². The van der Waals surface area contributed by atoms with Crippen LogP contribution in [0.2, 0.25) is 0 Å². The Morgan fingerprint density at radius 1 is 1.08 bits per heavy atom. The van der Waals surface area contributed by atoms with Gasteiger partial charge in [0.05, 0.1) is 17.1 Å². The summed E-state index contributed by atoms with van der Waals surface area (Å²) in [6.07, 6.45) is 0.447. The second kappa shape index (κ2) is 6.07. The number of sulfonamides is 1. The molecule has 0 spiro atoms. The molecule has 25 heavy (non-hydrogen) atoms. The van der Waals surface area contributed by atoms with E-state index in [2.05, 4.69) is 5.32 Å². The first kappa shape index (κ1) is 16.0. The van der Waals surface area contributed by atoms with Crippen LogP contribution in [0.3, 0.4) is 0 Å². The maximum Gasteiger partial charge on any atom is 0.264 e. The molecule has 2 aliphatic heterocycles. The molecule has 0 aliphatic carbocycles. The molecule has 1 unspecified atom stereocenters. The Bertz CT molecular complexity index is 909. The largest absolute Gasteiger partial charge is 0.489 e. The van der Waals surface area contributed by atoms with Gasteiger partial charge in [0, 0.05) is 18.9 Å². The van der Waals surface area contributed by atoms with E-state index >= 15 is 0 Å². The first-order valence-corrected chi connectivity index (χ1v) is 9.61.